The van der Waals surface area contributed by atoms with Gasteiger partial charge < -0.3 is 5.32 Å². The highest BCUT2D eigenvalue weighted by molar-refractivity contribution is 5.81. The summed E-state index contributed by atoms with van der Waals surface area (Å²) in [4.78, 5) is 8.70. The Balaban J connectivity index is 1.60. The van der Waals surface area contributed by atoms with Crippen LogP contribution in [0, 0.1) is 0 Å². The molecule has 0 saturated heterocycles. The van der Waals surface area contributed by atoms with Crippen LogP contribution in [0.15, 0.2) is 60.9 Å². The Labute approximate surface area is 118 Å². The Bertz CT molecular complexity index is 675. The molecular weight excluding hydrogens is 246 g/mol. The Morgan fingerprint density at radius 1 is 0.850 bits per heavy atom. The summed E-state index contributed by atoms with van der Waals surface area (Å²) in [6.07, 6.45) is 4.66. The molecule has 0 aliphatic heterocycles. The fraction of sp³-hybridized carbons (Fsp3) is 0.176. The van der Waals surface area contributed by atoms with Crippen molar-refractivity contribution < 1.29 is 0 Å². The number of hydrogen-bond donors (Lipinski definition) is 1. The summed E-state index contributed by atoms with van der Waals surface area (Å²) in [6.45, 7) is 1.78. The van der Waals surface area contributed by atoms with Crippen LogP contribution in [0.4, 0.5) is 0 Å². The van der Waals surface area contributed by atoms with Crippen LogP contribution < -0.4 is 5.32 Å². The monoisotopic (exact) mass is 263 g/mol. The van der Waals surface area contributed by atoms with Crippen molar-refractivity contribution in [1.29, 1.82) is 0 Å². The quantitative estimate of drug-likeness (QED) is 0.719. The highest BCUT2D eigenvalue weighted by Gasteiger charge is 2.00. The first kappa shape index (κ1) is 12.8. The van der Waals surface area contributed by atoms with Gasteiger partial charge in [0, 0.05) is 43.0 Å². The summed E-state index contributed by atoms with van der Waals surface area (Å²) >= 11 is 0. The minimum Gasteiger partial charge on any atom is -0.312 e. The van der Waals surface area contributed by atoms with Gasteiger partial charge in [0.1, 0.15) is 0 Å². The number of fused-ring (bicyclic) bond motifs is 1. The van der Waals surface area contributed by atoms with Crippen LogP contribution in [0.3, 0.4) is 0 Å². The lowest BCUT2D eigenvalue weighted by molar-refractivity contribution is 0.682. The predicted octanol–water partition coefficient (Wildman–Crippen LogP) is 2.96. The van der Waals surface area contributed by atoms with Gasteiger partial charge in [0.25, 0.3) is 0 Å². The molecule has 3 aromatic rings. The van der Waals surface area contributed by atoms with Gasteiger partial charge in [-0.15, -0.1) is 0 Å². The van der Waals surface area contributed by atoms with E-state index in [1.165, 1.54) is 10.9 Å². The molecule has 0 fully saturated rings. The summed E-state index contributed by atoms with van der Waals surface area (Å²) in [5.41, 5.74) is 3.47. The average molecular weight is 263 g/mol. The number of para-hydroxylation sites is 1. The number of nitrogens with zero attached hydrogens (tertiary/aromatic N) is 2. The van der Waals surface area contributed by atoms with Crippen LogP contribution in [0.25, 0.3) is 10.9 Å². The molecule has 0 atom stereocenters. The third kappa shape index (κ3) is 3.00. The number of aromatic nitrogens is 2. The van der Waals surface area contributed by atoms with Gasteiger partial charge in [0.2, 0.25) is 0 Å². The molecule has 2 aromatic heterocycles. The van der Waals surface area contributed by atoms with Crippen LogP contribution in [-0.4, -0.2) is 16.5 Å². The zero-order chi connectivity index (χ0) is 13.6. The fourth-order valence-corrected chi connectivity index (χ4v) is 2.29. The smallest absolute Gasteiger partial charge is 0.0705 e. The molecule has 100 valence electrons. The Hall–Kier alpha value is -2.26. The molecule has 0 saturated carbocycles. The second-order valence-electron chi connectivity index (χ2n) is 4.74. The second kappa shape index (κ2) is 6.26. The second-order valence-corrected chi connectivity index (χ2v) is 4.74. The van der Waals surface area contributed by atoms with E-state index < -0.39 is 0 Å². The lowest BCUT2D eigenvalue weighted by Gasteiger charge is -2.07. The largest absolute Gasteiger partial charge is 0.312 e. The van der Waals surface area contributed by atoms with E-state index >= 15 is 0 Å². The molecule has 0 spiro atoms. The third-order valence-electron chi connectivity index (χ3n) is 3.34. The van der Waals surface area contributed by atoms with Gasteiger partial charge in [-0.05, 0) is 29.8 Å². The summed E-state index contributed by atoms with van der Waals surface area (Å²) in [5, 5.41) is 4.70. The number of rotatable bonds is 5. The van der Waals surface area contributed by atoms with Crippen molar-refractivity contribution in [3.05, 3.63) is 72.2 Å². The lowest BCUT2D eigenvalue weighted by Crippen LogP contribution is -2.17. The topological polar surface area (TPSA) is 37.8 Å². The molecule has 2 heterocycles. The predicted molar refractivity (Wildman–Crippen MR) is 81.4 cm³/mol. The van der Waals surface area contributed by atoms with Gasteiger partial charge >= 0.3 is 0 Å². The van der Waals surface area contributed by atoms with Gasteiger partial charge in [-0.2, -0.15) is 0 Å². The summed E-state index contributed by atoms with van der Waals surface area (Å²) in [7, 11) is 0. The van der Waals surface area contributed by atoms with E-state index in [-0.39, 0.29) is 0 Å². The fourth-order valence-electron chi connectivity index (χ4n) is 2.29. The van der Waals surface area contributed by atoms with E-state index in [0.29, 0.717) is 0 Å². The highest BCUT2D eigenvalue weighted by atomic mass is 14.9. The summed E-state index contributed by atoms with van der Waals surface area (Å²) < 4.78 is 0. The number of benzene rings is 1. The maximum atomic E-state index is 4.38. The van der Waals surface area contributed by atoms with Gasteiger partial charge in [0.15, 0.2) is 0 Å². The minimum atomic E-state index is 0.857. The standard InChI is InChI=1S/C17H17N3/c1-2-7-17-16(6-1)14(8-12-20-17)13-18-11-9-15-5-3-4-10-19-15/h1-8,10,12,18H,9,11,13H2. The van der Waals surface area contributed by atoms with E-state index in [9.17, 15) is 0 Å². The van der Waals surface area contributed by atoms with Crippen molar-refractivity contribution in [2.75, 3.05) is 6.54 Å². The molecule has 20 heavy (non-hydrogen) atoms. The van der Waals surface area contributed by atoms with Crippen molar-refractivity contribution >= 4 is 10.9 Å². The normalized spacial score (nSPS) is 10.8. The molecule has 1 aromatic carbocycles. The molecule has 0 radical (unpaired) electrons. The summed E-state index contributed by atoms with van der Waals surface area (Å²) in [6, 6.07) is 16.4. The first-order valence-electron chi connectivity index (χ1n) is 6.87. The van der Waals surface area contributed by atoms with Gasteiger partial charge in [0.05, 0.1) is 5.52 Å². The van der Waals surface area contributed by atoms with Crippen molar-refractivity contribution in [1.82, 2.24) is 15.3 Å². The van der Waals surface area contributed by atoms with Crippen LogP contribution in [0.2, 0.25) is 0 Å². The maximum Gasteiger partial charge on any atom is 0.0705 e. The average Bonchev–Trinajstić information content (AvgIpc) is 2.53. The molecular formula is C17H17N3. The van der Waals surface area contributed by atoms with E-state index in [1.54, 1.807) is 0 Å². The molecule has 0 aliphatic rings. The molecule has 0 bridgehead atoms. The number of pyridine rings is 2. The minimum absolute atomic E-state index is 0.857. The number of nitrogens with one attached hydrogen (secondary N) is 1. The van der Waals surface area contributed by atoms with Crippen molar-refractivity contribution in [2.24, 2.45) is 0 Å². The zero-order valence-corrected chi connectivity index (χ0v) is 11.3. The first-order valence-corrected chi connectivity index (χ1v) is 6.87. The molecule has 0 unspecified atom stereocenters. The van der Waals surface area contributed by atoms with Crippen LogP contribution in [-0.2, 0) is 13.0 Å². The molecule has 3 nitrogen and oxygen atoms in total. The highest BCUT2D eigenvalue weighted by Crippen LogP contribution is 2.15. The Morgan fingerprint density at radius 2 is 1.75 bits per heavy atom. The van der Waals surface area contributed by atoms with Crippen molar-refractivity contribution in [2.45, 2.75) is 13.0 Å². The summed E-state index contributed by atoms with van der Waals surface area (Å²) in [5.74, 6) is 0. The van der Waals surface area contributed by atoms with Crippen LogP contribution in [0.5, 0.6) is 0 Å². The van der Waals surface area contributed by atoms with E-state index in [0.717, 1.165) is 30.7 Å². The van der Waals surface area contributed by atoms with Gasteiger partial charge in [-0.25, -0.2) is 0 Å². The first-order chi connectivity index (χ1) is 9.93. The van der Waals surface area contributed by atoms with Gasteiger partial charge in [-0.3, -0.25) is 9.97 Å². The van der Waals surface area contributed by atoms with E-state index in [2.05, 4.69) is 39.6 Å². The lowest BCUT2D eigenvalue weighted by atomic mass is 10.1. The molecule has 1 N–H and O–H groups in total. The molecule has 0 amide bonds. The molecule has 3 rings (SSSR count). The van der Waals surface area contributed by atoms with E-state index in [4.69, 9.17) is 0 Å². The molecule has 3 heteroatoms. The van der Waals surface area contributed by atoms with Gasteiger partial charge in [-0.1, -0.05) is 24.3 Å². The SMILES string of the molecule is c1ccc(CCNCc2ccnc3ccccc23)nc1. The van der Waals surface area contributed by atoms with Crippen LogP contribution in [0.1, 0.15) is 11.3 Å². The van der Waals surface area contributed by atoms with Crippen molar-refractivity contribution in [3.63, 3.8) is 0 Å². The zero-order valence-electron chi connectivity index (χ0n) is 11.3. The van der Waals surface area contributed by atoms with E-state index in [1.807, 2.05) is 36.7 Å². The maximum absolute atomic E-state index is 4.38. The Kier molecular flexibility index (Phi) is 3.99. The van der Waals surface area contributed by atoms with Crippen molar-refractivity contribution in [3.8, 4) is 0 Å². The Morgan fingerprint density at radius 3 is 2.65 bits per heavy atom. The molecule has 0 aliphatic carbocycles. The van der Waals surface area contributed by atoms with Crippen LogP contribution >= 0.6 is 0 Å². The third-order valence-corrected chi connectivity index (χ3v) is 3.34. The number of hydrogen-bond acceptors (Lipinski definition) is 3.